The summed E-state index contributed by atoms with van der Waals surface area (Å²) in [6.45, 7) is 3.70. The van der Waals surface area contributed by atoms with Gasteiger partial charge in [0.05, 0.1) is 0 Å². The van der Waals surface area contributed by atoms with Crippen LogP contribution in [0.5, 0.6) is 0 Å². The minimum atomic E-state index is 1.24. The van der Waals surface area contributed by atoms with Crippen molar-refractivity contribution < 1.29 is 0 Å². The van der Waals surface area contributed by atoms with Crippen molar-refractivity contribution in [2.24, 2.45) is 0 Å². The van der Waals surface area contributed by atoms with E-state index in [1.807, 2.05) is 0 Å². The smallest absolute Gasteiger partial charge is 0.0283 e. The lowest BCUT2D eigenvalue weighted by atomic mass is 10.0. The third-order valence-electron chi connectivity index (χ3n) is 0.898. The fraction of sp³-hybridized carbons (Fsp3) is 0.400. The van der Waals surface area contributed by atoms with E-state index in [9.17, 15) is 0 Å². The molecule has 0 saturated carbocycles. The summed E-state index contributed by atoms with van der Waals surface area (Å²) in [7, 11) is 0. The van der Waals surface area contributed by atoms with E-state index in [0.717, 1.165) is 0 Å². The molecule has 0 aliphatic heterocycles. The fourth-order valence-electron chi connectivity index (χ4n) is 0.348. The molecule has 0 unspecified atom stereocenters. The van der Waals surface area contributed by atoms with Crippen LogP contribution in [-0.4, -0.2) is 0 Å². The summed E-state index contributed by atoms with van der Waals surface area (Å²) >= 11 is 0. The molecule has 0 saturated heterocycles. The molecule has 27 valence electrons. The highest BCUT2D eigenvalue weighted by atomic mass is 14.0. The van der Waals surface area contributed by atoms with Gasteiger partial charge in [0, 0.05) is 0 Å². The predicted octanol–water partition coefficient (Wildman–Crippen LogP) is 1.54. The summed E-state index contributed by atoms with van der Waals surface area (Å²) in [4.78, 5) is 0. The maximum absolute atomic E-state index is 3.70. The average molecular weight is 67.1 g/mol. The lowest BCUT2D eigenvalue weighted by Crippen LogP contribution is -1.85. The molecule has 0 spiro atoms. The monoisotopic (exact) mass is 67.1 g/mol. The second-order valence-electron chi connectivity index (χ2n) is 1.40. The molecule has 0 fully saturated rings. The van der Waals surface area contributed by atoms with E-state index in [1.54, 1.807) is 0 Å². The molecule has 0 nitrogen and oxygen atoms in total. The zero-order valence-corrected chi connectivity index (χ0v) is 3.20. The molecule has 0 amide bonds. The second kappa shape index (κ2) is 0.852. The lowest BCUT2D eigenvalue weighted by molar-refractivity contribution is 0.905. The Bertz CT molecular complexity index is 60.4. The molecular formula is C5H7. The molecule has 0 N–H and O–H groups in total. The lowest BCUT2D eigenvalue weighted by Gasteiger charge is -2.04. The van der Waals surface area contributed by atoms with Crippen molar-refractivity contribution in [3.05, 3.63) is 18.6 Å². The van der Waals surface area contributed by atoms with E-state index in [2.05, 4.69) is 13.0 Å². The molecule has 1 radical (unpaired) electrons. The fourth-order valence-corrected chi connectivity index (χ4v) is 0.348. The van der Waals surface area contributed by atoms with Crippen LogP contribution in [0.1, 0.15) is 12.8 Å². The van der Waals surface area contributed by atoms with Crippen LogP contribution in [-0.2, 0) is 0 Å². The van der Waals surface area contributed by atoms with Crippen LogP contribution in [0.4, 0.5) is 0 Å². The Morgan fingerprint density at radius 3 is 2.20 bits per heavy atom. The van der Waals surface area contributed by atoms with Gasteiger partial charge in [0.15, 0.2) is 0 Å². The molecule has 0 aromatic rings. The summed E-state index contributed by atoms with van der Waals surface area (Å²) in [6, 6.07) is 0. The molecule has 1 aliphatic carbocycles. The first-order valence-electron chi connectivity index (χ1n) is 1.90. The Kier molecular flexibility index (Phi) is 0.503. The minimum absolute atomic E-state index is 1.24. The zero-order chi connectivity index (χ0) is 3.70. The molecular weight excluding hydrogens is 60.1 g/mol. The first-order valence-corrected chi connectivity index (χ1v) is 1.90. The van der Waals surface area contributed by atoms with Gasteiger partial charge < -0.3 is 0 Å². The summed E-state index contributed by atoms with van der Waals surface area (Å²) in [5.41, 5.74) is 1.31. The predicted molar refractivity (Wildman–Crippen MR) is 22.7 cm³/mol. The van der Waals surface area contributed by atoms with E-state index in [-0.39, 0.29) is 0 Å². The van der Waals surface area contributed by atoms with E-state index in [1.165, 1.54) is 18.4 Å². The van der Waals surface area contributed by atoms with Gasteiger partial charge in [-0.2, -0.15) is 0 Å². The van der Waals surface area contributed by atoms with E-state index in [0.29, 0.717) is 0 Å². The molecule has 5 heavy (non-hydrogen) atoms. The first kappa shape index (κ1) is 2.95. The molecule has 1 aliphatic rings. The van der Waals surface area contributed by atoms with Gasteiger partial charge in [-0.15, -0.1) is 0 Å². The quantitative estimate of drug-likeness (QED) is 0.403. The number of allylic oxidation sites excluding steroid dienone is 2. The normalized spacial score (nSPS) is 20.6. The highest BCUT2D eigenvalue weighted by molar-refractivity contribution is 5.14. The Morgan fingerprint density at radius 1 is 1.80 bits per heavy atom. The first-order chi connectivity index (χ1) is 2.39. The van der Waals surface area contributed by atoms with Crippen LogP contribution in [0.25, 0.3) is 0 Å². The topological polar surface area (TPSA) is 0 Å². The third kappa shape index (κ3) is 0.344. The van der Waals surface area contributed by atoms with Gasteiger partial charge >= 0.3 is 0 Å². The van der Waals surface area contributed by atoms with Gasteiger partial charge in [-0.1, -0.05) is 11.6 Å². The SMILES string of the molecule is [CH2]C1=CCC1. The van der Waals surface area contributed by atoms with Crippen molar-refractivity contribution in [2.75, 3.05) is 0 Å². The minimum Gasteiger partial charge on any atom is -0.0850 e. The van der Waals surface area contributed by atoms with Gasteiger partial charge in [-0.3, -0.25) is 0 Å². The maximum atomic E-state index is 3.70. The van der Waals surface area contributed by atoms with Crippen molar-refractivity contribution in [1.29, 1.82) is 0 Å². The summed E-state index contributed by atoms with van der Waals surface area (Å²) in [6.07, 6.45) is 4.65. The largest absolute Gasteiger partial charge is 0.0850 e. The van der Waals surface area contributed by atoms with Crippen LogP contribution >= 0.6 is 0 Å². The van der Waals surface area contributed by atoms with Gasteiger partial charge in [-0.25, -0.2) is 0 Å². The Morgan fingerprint density at radius 2 is 2.20 bits per heavy atom. The van der Waals surface area contributed by atoms with E-state index < -0.39 is 0 Å². The number of hydrogen-bond donors (Lipinski definition) is 0. The van der Waals surface area contributed by atoms with Crippen LogP contribution in [0, 0.1) is 6.92 Å². The summed E-state index contributed by atoms with van der Waals surface area (Å²) in [5.74, 6) is 0. The van der Waals surface area contributed by atoms with Gasteiger partial charge in [-0.05, 0) is 19.8 Å². The van der Waals surface area contributed by atoms with Crippen LogP contribution < -0.4 is 0 Å². The van der Waals surface area contributed by atoms with Gasteiger partial charge in [0.2, 0.25) is 0 Å². The van der Waals surface area contributed by atoms with Crippen molar-refractivity contribution >= 4 is 0 Å². The molecule has 0 heterocycles. The molecule has 0 bridgehead atoms. The van der Waals surface area contributed by atoms with Gasteiger partial charge in [0.25, 0.3) is 0 Å². The Hall–Kier alpha value is -0.260. The third-order valence-corrected chi connectivity index (χ3v) is 0.898. The number of rotatable bonds is 0. The molecule has 0 heteroatoms. The highest BCUT2D eigenvalue weighted by Crippen LogP contribution is 2.14. The average Bonchev–Trinajstić information content (AvgIpc) is 1.30. The van der Waals surface area contributed by atoms with E-state index >= 15 is 0 Å². The zero-order valence-electron chi connectivity index (χ0n) is 3.20. The Balaban J connectivity index is 2.51. The Labute approximate surface area is 32.5 Å². The second-order valence-corrected chi connectivity index (χ2v) is 1.40. The van der Waals surface area contributed by atoms with Gasteiger partial charge in [0.1, 0.15) is 0 Å². The molecule has 0 atom stereocenters. The van der Waals surface area contributed by atoms with Crippen molar-refractivity contribution in [3.63, 3.8) is 0 Å². The highest BCUT2D eigenvalue weighted by Gasteiger charge is 1.94. The standard InChI is InChI=1S/C5H7/c1-5-3-2-4-5/h3H,1-2,4H2. The summed E-state index contributed by atoms with van der Waals surface area (Å²) in [5, 5.41) is 0. The summed E-state index contributed by atoms with van der Waals surface area (Å²) < 4.78 is 0. The van der Waals surface area contributed by atoms with Crippen molar-refractivity contribution in [3.8, 4) is 0 Å². The molecule has 0 aromatic heterocycles. The van der Waals surface area contributed by atoms with Crippen molar-refractivity contribution in [2.45, 2.75) is 12.8 Å². The maximum Gasteiger partial charge on any atom is -0.0283 e. The molecule has 0 aromatic carbocycles. The molecule has 1 rings (SSSR count). The van der Waals surface area contributed by atoms with Crippen LogP contribution in [0.15, 0.2) is 11.6 Å². The number of hydrogen-bond acceptors (Lipinski definition) is 0. The van der Waals surface area contributed by atoms with Crippen LogP contribution in [0.2, 0.25) is 0 Å². The van der Waals surface area contributed by atoms with Crippen LogP contribution in [0.3, 0.4) is 0 Å². The van der Waals surface area contributed by atoms with Crippen molar-refractivity contribution in [1.82, 2.24) is 0 Å². The van der Waals surface area contributed by atoms with E-state index in [4.69, 9.17) is 0 Å².